The van der Waals surface area contributed by atoms with E-state index < -0.39 is 11.7 Å². The normalized spacial score (nSPS) is 25.1. The van der Waals surface area contributed by atoms with E-state index in [9.17, 15) is 18.0 Å². The number of allylic oxidation sites excluding steroid dienone is 3. The van der Waals surface area contributed by atoms with Gasteiger partial charge >= 0.3 is 6.18 Å². The fourth-order valence-electron chi connectivity index (χ4n) is 4.47. The summed E-state index contributed by atoms with van der Waals surface area (Å²) in [5.74, 6) is 1.38. The summed E-state index contributed by atoms with van der Waals surface area (Å²) in [7, 11) is 0. The molecule has 0 aromatic heterocycles. The van der Waals surface area contributed by atoms with E-state index in [4.69, 9.17) is 11.6 Å². The van der Waals surface area contributed by atoms with Crippen LogP contribution in [0.5, 0.6) is 0 Å². The molecule has 1 aromatic rings. The highest BCUT2D eigenvalue weighted by Gasteiger charge is 2.35. The van der Waals surface area contributed by atoms with Gasteiger partial charge in [0.15, 0.2) is 0 Å². The molecular weight excluding hydrogens is 451 g/mol. The summed E-state index contributed by atoms with van der Waals surface area (Å²) in [5.41, 5.74) is 1.18. The third-order valence-electron chi connectivity index (χ3n) is 6.67. The first-order valence-electron chi connectivity index (χ1n) is 11.5. The molecule has 0 radical (unpaired) electrons. The first kappa shape index (κ1) is 23.9. The molecule has 178 valence electrons. The summed E-state index contributed by atoms with van der Waals surface area (Å²) in [6.07, 6.45) is 2.00. The lowest BCUT2D eigenvalue weighted by molar-refractivity contribution is -0.123. The minimum Gasteiger partial charge on any atom is -0.357 e. The summed E-state index contributed by atoms with van der Waals surface area (Å²) in [6.45, 7) is 3.91. The molecule has 1 saturated carbocycles. The van der Waals surface area contributed by atoms with Gasteiger partial charge in [-0.1, -0.05) is 11.6 Å². The van der Waals surface area contributed by atoms with E-state index in [1.165, 1.54) is 6.21 Å². The van der Waals surface area contributed by atoms with Gasteiger partial charge in [-0.3, -0.25) is 4.79 Å². The average Bonchev–Trinajstić information content (AvgIpc) is 3.59. The molecule has 4 nitrogen and oxygen atoms in total. The maximum absolute atomic E-state index is 13.4. The Balaban J connectivity index is 1.42. The van der Waals surface area contributed by atoms with E-state index in [1.54, 1.807) is 0 Å². The molecule has 0 N–H and O–H groups in total. The second-order valence-electron chi connectivity index (χ2n) is 9.20. The Hall–Kier alpha value is -2.28. The summed E-state index contributed by atoms with van der Waals surface area (Å²) in [4.78, 5) is 21.8. The van der Waals surface area contributed by atoms with Gasteiger partial charge in [0.2, 0.25) is 5.91 Å². The van der Waals surface area contributed by atoms with Crippen molar-refractivity contribution in [2.75, 3.05) is 24.5 Å². The largest absolute Gasteiger partial charge is 0.412 e. The van der Waals surface area contributed by atoms with Gasteiger partial charge in [-0.2, -0.15) is 13.2 Å². The maximum atomic E-state index is 13.4. The number of aliphatic imine (C=N–C) groups is 1. The molecule has 0 spiro atoms. The Morgan fingerprint density at radius 2 is 1.79 bits per heavy atom. The second-order valence-corrected chi connectivity index (χ2v) is 9.64. The Kier molecular flexibility index (Phi) is 7.17. The zero-order valence-corrected chi connectivity index (χ0v) is 19.5. The van der Waals surface area contributed by atoms with Crippen LogP contribution in [0, 0.1) is 11.8 Å². The zero-order chi connectivity index (χ0) is 23.6. The minimum atomic E-state index is -4.32. The lowest BCUT2D eigenvalue weighted by Crippen LogP contribution is -2.43. The van der Waals surface area contributed by atoms with Crippen LogP contribution in [0.2, 0.25) is 5.02 Å². The number of piperidine rings is 1. The molecule has 1 amide bonds. The summed E-state index contributed by atoms with van der Waals surface area (Å²) in [6, 6.07) is 7.43. The standard InChI is InChI=1S/C25H29ClF3N3O/c1-17-2-5-20(25(27,28)29)10-13-30-23(17)31-14-11-19(12-15-31)24(33)32(16-18-3-4-18)22-8-6-21(26)7-9-22/h6-10,13,18-19H,2-5,11-12,14-16H2,1H3/b20-10+,23-17-,30-13-. The van der Waals surface area contributed by atoms with Crippen LogP contribution in [0.4, 0.5) is 18.9 Å². The van der Waals surface area contributed by atoms with Crippen molar-refractivity contribution in [3.63, 3.8) is 0 Å². The number of hydrogen-bond donors (Lipinski definition) is 0. The summed E-state index contributed by atoms with van der Waals surface area (Å²) in [5, 5.41) is 0.645. The maximum Gasteiger partial charge on any atom is 0.412 e. The Morgan fingerprint density at radius 1 is 1.12 bits per heavy atom. The molecule has 8 heteroatoms. The number of carbonyl (C=O) groups is 1. The Bertz CT molecular complexity index is 956. The van der Waals surface area contributed by atoms with Crippen LogP contribution in [0.1, 0.15) is 45.4 Å². The highest BCUT2D eigenvalue weighted by molar-refractivity contribution is 6.30. The SMILES string of the molecule is C\C1=C(N2CCC(C(=O)N(CC3CC3)c3ccc(Cl)cc3)CC2)/N=C\C=C(\C(F)(F)F)CC1. The topological polar surface area (TPSA) is 35.9 Å². The van der Waals surface area contributed by atoms with Crippen LogP contribution in [0.3, 0.4) is 0 Å². The number of likely N-dealkylation sites (tertiary alicyclic amines) is 1. The minimum absolute atomic E-state index is 0.0446. The van der Waals surface area contributed by atoms with Crippen molar-refractivity contribution in [1.82, 2.24) is 4.90 Å². The van der Waals surface area contributed by atoms with Crippen LogP contribution in [0.25, 0.3) is 0 Å². The van der Waals surface area contributed by atoms with Gasteiger partial charge in [0.25, 0.3) is 0 Å². The van der Waals surface area contributed by atoms with Crippen LogP contribution in [-0.2, 0) is 4.79 Å². The van der Waals surface area contributed by atoms with Crippen LogP contribution < -0.4 is 4.90 Å². The molecular formula is C25H29ClF3N3O. The monoisotopic (exact) mass is 479 g/mol. The van der Waals surface area contributed by atoms with Gasteiger partial charge in [0.1, 0.15) is 5.82 Å². The van der Waals surface area contributed by atoms with Crippen molar-refractivity contribution in [3.8, 4) is 0 Å². The number of benzene rings is 1. The smallest absolute Gasteiger partial charge is 0.357 e. The van der Waals surface area contributed by atoms with E-state index in [1.807, 2.05) is 36.1 Å². The fraction of sp³-hybridized carbons (Fsp3) is 0.520. The highest BCUT2D eigenvalue weighted by atomic mass is 35.5. The molecule has 0 atom stereocenters. The number of rotatable bonds is 5. The molecule has 0 unspecified atom stereocenters. The number of alkyl halides is 3. The van der Waals surface area contributed by atoms with E-state index in [0.29, 0.717) is 43.3 Å². The lowest BCUT2D eigenvalue weighted by Gasteiger charge is -2.36. The van der Waals surface area contributed by atoms with Gasteiger partial charge < -0.3 is 9.80 Å². The predicted octanol–water partition coefficient (Wildman–Crippen LogP) is 6.38. The zero-order valence-electron chi connectivity index (χ0n) is 18.7. The van der Waals surface area contributed by atoms with Crippen molar-refractivity contribution in [3.05, 3.63) is 52.3 Å². The molecule has 2 aliphatic heterocycles. The van der Waals surface area contributed by atoms with Gasteiger partial charge in [-0.25, -0.2) is 4.99 Å². The van der Waals surface area contributed by atoms with Crippen LogP contribution >= 0.6 is 11.6 Å². The van der Waals surface area contributed by atoms with Crippen molar-refractivity contribution in [2.24, 2.45) is 16.8 Å². The molecule has 2 fully saturated rings. The molecule has 1 saturated heterocycles. The van der Waals surface area contributed by atoms with Crippen molar-refractivity contribution < 1.29 is 18.0 Å². The molecule has 33 heavy (non-hydrogen) atoms. The van der Waals surface area contributed by atoms with Gasteiger partial charge in [0, 0.05) is 48.0 Å². The first-order chi connectivity index (χ1) is 15.7. The van der Waals surface area contributed by atoms with Crippen molar-refractivity contribution in [2.45, 2.75) is 51.6 Å². The van der Waals surface area contributed by atoms with E-state index >= 15 is 0 Å². The number of carbonyl (C=O) groups excluding carboxylic acids is 1. The number of amides is 1. The molecule has 2 heterocycles. The predicted molar refractivity (Wildman–Crippen MR) is 125 cm³/mol. The van der Waals surface area contributed by atoms with Crippen molar-refractivity contribution in [1.29, 1.82) is 0 Å². The Labute approximate surface area is 197 Å². The highest BCUT2D eigenvalue weighted by Crippen LogP contribution is 2.35. The first-order valence-corrected chi connectivity index (χ1v) is 11.9. The van der Waals surface area contributed by atoms with E-state index in [2.05, 4.69) is 9.89 Å². The van der Waals surface area contributed by atoms with E-state index in [0.717, 1.165) is 42.5 Å². The van der Waals surface area contributed by atoms with Crippen LogP contribution in [0.15, 0.2) is 52.3 Å². The van der Waals surface area contributed by atoms with Crippen molar-refractivity contribution >= 4 is 29.4 Å². The number of halogens is 4. The fourth-order valence-corrected chi connectivity index (χ4v) is 4.60. The van der Waals surface area contributed by atoms with Crippen LogP contribution in [-0.4, -0.2) is 42.8 Å². The molecule has 3 aliphatic rings. The van der Waals surface area contributed by atoms with Gasteiger partial charge in [-0.15, -0.1) is 0 Å². The van der Waals surface area contributed by atoms with E-state index in [-0.39, 0.29) is 18.2 Å². The quantitative estimate of drug-likeness (QED) is 0.491. The average molecular weight is 480 g/mol. The summed E-state index contributed by atoms with van der Waals surface area (Å²) < 4.78 is 39.1. The molecule has 0 bridgehead atoms. The number of hydrogen-bond acceptors (Lipinski definition) is 3. The van der Waals surface area contributed by atoms with Gasteiger partial charge in [0.05, 0.1) is 0 Å². The molecule has 4 rings (SSSR count). The third-order valence-corrected chi connectivity index (χ3v) is 6.93. The van der Waals surface area contributed by atoms with Gasteiger partial charge in [-0.05, 0) is 87.3 Å². The number of anilines is 1. The Morgan fingerprint density at radius 3 is 2.39 bits per heavy atom. The molecule has 1 aliphatic carbocycles. The summed E-state index contributed by atoms with van der Waals surface area (Å²) >= 11 is 6.03. The lowest BCUT2D eigenvalue weighted by atomic mass is 9.94. The second kappa shape index (κ2) is 9.92. The third kappa shape index (κ3) is 5.99. The number of nitrogens with zero attached hydrogens (tertiary/aromatic N) is 3. The molecule has 1 aromatic carbocycles.